The number of benzene rings is 1. The van der Waals surface area contributed by atoms with E-state index in [0.29, 0.717) is 17.7 Å². The Hall–Kier alpha value is -3.26. The van der Waals surface area contributed by atoms with Crippen LogP contribution in [0.1, 0.15) is 65.8 Å². The molecule has 0 fully saturated rings. The summed E-state index contributed by atoms with van der Waals surface area (Å²) in [5.74, 6) is -0.799. The molecule has 8 heteroatoms. The topological polar surface area (TPSA) is 83.0 Å². The summed E-state index contributed by atoms with van der Waals surface area (Å²) in [5, 5.41) is 9.86. The first kappa shape index (κ1) is 25.8. The van der Waals surface area contributed by atoms with Crippen molar-refractivity contribution in [3.05, 3.63) is 65.1 Å². The van der Waals surface area contributed by atoms with Crippen LogP contribution in [-0.2, 0) is 0 Å². The number of nitrogens with zero attached hydrogens (tertiary/aromatic N) is 3. The van der Waals surface area contributed by atoms with Gasteiger partial charge < -0.3 is 19.6 Å². The number of amides is 2. The van der Waals surface area contributed by atoms with Gasteiger partial charge in [0.2, 0.25) is 5.88 Å². The number of hydrogen-bond donors (Lipinski definition) is 1. The SMILES string of the molecule is C[C@@H]1CN([C@@H](C)CO)C(=O)c2cc(C3=CCCCC3)cnc2O[C@@H]1CN(C)C(=O)c1ccc(F)cc1. The second-order valence-electron chi connectivity index (χ2n) is 9.87. The molecule has 1 aliphatic heterocycles. The molecule has 3 atom stereocenters. The summed E-state index contributed by atoms with van der Waals surface area (Å²) in [7, 11) is 1.67. The number of halogens is 1. The van der Waals surface area contributed by atoms with E-state index < -0.39 is 11.9 Å². The van der Waals surface area contributed by atoms with Crippen LogP contribution in [0.5, 0.6) is 5.88 Å². The molecule has 2 aliphatic rings. The summed E-state index contributed by atoms with van der Waals surface area (Å²) in [5.41, 5.74) is 2.84. The highest BCUT2D eigenvalue weighted by Gasteiger charge is 2.35. The van der Waals surface area contributed by atoms with Gasteiger partial charge >= 0.3 is 0 Å². The summed E-state index contributed by atoms with van der Waals surface area (Å²) >= 11 is 0. The Morgan fingerprint density at radius 1 is 1.31 bits per heavy atom. The van der Waals surface area contributed by atoms with Gasteiger partial charge in [0.05, 0.1) is 19.2 Å². The van der Waals surface area contributed by atoms with E-state index >= 15 is 0 Å². The number of carbonyl (C=O) groups is 2. The van der Waals surface area contributed by atoms with Gasteiger partial charge in [-0.05, 0) is 74.1 Å². The van der Waals surface area contributed by atoms with Crippen molar-refractivity contribution in [2.75, 3.05) is 26.7 Å². The molecule has 1 N–H and O–H groups in total. The number of pyridine rings is 1. The van der Waals surface area contributed by atoms with E-state index in [4.69, 9.17) is 4.74 Å². The van der Waals surface area contributed by atoms with Crippen molar-refractivity contribution in [1.29, 1.82) is 0 Å². The van der Waals surface area contributed by atoms with E-state index in [9.17, 15) is 19.1 Å². The largest absolute Gasteiger partial charge is 0.472 e. The number of allylic oxidation sites excluding steroid dienone is 2. The summed E-state index contributed by atoms with van der Waals surface area (Å²) in [6.07, 6.45) is 7.73. The van der Waals surface area contributed by atoms with E-state index in [1.165, 1.54) is 29.8 Å². The van der Waals surface area contributed by atoms with Crippen LogP contribution in [0.4, 0.5) is 4.39 Å². The van der Waals surface area contributed by atoms with Gasteiger partial charge in [-0.2, -0.15) is 0 Å². The standard InChI is InChI=1S/C28H34FN3O4/c1-18-15-32(19(2)17-33)28(35)24-13-22(20-7-5-4-6-8-20)14-30-26(24)36-25(18)16-31(3)27(34)21-9-11-23(29)12-10-21/h7,9-14,18-19,25,33H,4-6,8,15-17H2,1-3H3/t18-,19+,25-/m1/s1. The number of carbonyl (C=O) groups excluding carboxylic acids is 2. The monoisotopic (exact) mass is 495 g/mol. The highest BCUT2D eigenvalue weighted by molar-refractivity contribution is 5.97. The van der Waals surface area contributed by atoms with Gasteiger partial charge in [0, 0.05) is 31.3 Å². The summed E-state index contributed by atoms with van der Waals surface area (Å²) in [6.45, 7) is 4.21. The molecule has 4 rings (SSSR count). The van der Waals surface area contributed by atoms with E-state index in [1.807, 2.05) is 19.9 Å². The number of likely N-dealkylation sites (N-methyl/N-ethyl adjacent to an activating group) is 1. The van der Waals surface area contributed by atoms with Gasteiger partial charge in [-0.25, -0.2) is 9.37 Å². The Morgan fingerprint density at radius 2 is 2.06 bits per heavy atom. The number of aliphatic hydroxyl groups excluding tert-OH is 1. The lowest BCUT2D eigenvalue weighted by Crippen LogP contribution is -2.50. The third kappa shape index (κ3) is 5.59. The fourth-order valence-corrected chi connectivity index (χ4v) is 4.76. The molecule has 0 bridgehead atoms. The number of aliphatic hydroxyl groups is 1. The van der Waals surface area contributed by atoms with Crippen molar-refractivity contribution in [2.24, 2.45) is 5.92 Å². The maximum absolute atomic E-state index is 13.6. The quantitative estimate of drug-likeness (QED) is 0.651. The summed E-state index contributed by atoms with van der Waals surface area (Å²) in [6, 6.07) is 6.89. The van der Waals surface area contributed by atoms with Gasteiger partial charge in [0.1, 0.15) is 17.5 Å². The minimum Gasteiger partial charge on any atom is -0.472 e. The van der Waals surface area contributed by atoms with E-state index in [1.54, 1.807) is 23.0 Å². The second-order valence-corrected chi connectivity index (χ2v) is 9.87. The van der Waals surface area contributed by atoms with Crippen LogP contribution >= 0.6 is 0 Å². The van der Waals surface area contributed by atoms with Gasteiger partial charge in [-0.1, -0.05) is 13.0 Å². The van der Waals surface area contributed by atoms with Crippen molar-refractivity contribution < 1.29 is 23.8 Å². The molecular weight excluding hydrogens is 461 g/mol. The molecule has 192 valence electrons. The van der Waals surface area contributed by atoms with Gasteiger partial charge in [-0.3, -0.25) is 9.59 Å². The number of hydrogen-bond acceptors (Lipinski definition) is 5. The first-order valence-electron chi connectivity index (χ1n) is 12.6. The van der Waals surface area contributed by atoms with Crippen molar-refractivity contribution in [1.82, 2.24) is 14.8 Å². The molecule has 2 amide bonds. The Balaban J connectivity index is 1.64. The third-order valence-electron chi connectivity index (χ3n) is 7.07. The van der Waals surface area contributed by atoms with Crippen molar-refractivity contribution in [2.45, 2.75) is 51.7 Å². The zero-order valence-corrected chi connectivity index (χ0v) is 21.1. The van der Waals surface area contributed by atoms with Crippen molar-refractivity contribution in [3.8, 4) is 5.88 Å². The average molecular weight is 496 g/mol. The predicted molar refractivity (Wildman–Crippen MR) is 135 cm³/mol. The zero-order valence-electron chi connectivity index (χ0n) is 21.1. The lowest BCUT2D eigenvalue weighted by Gasteiger charge is -2.37. The Labute approximate surface area is 211 Å². The Kier molecular flexibility index (Phi) is 8.04. The Morgan fingerprint density at radius 3 is 2.72 bits per heavy atom. The molecule has 0 saturated heterocycles. The Bertz CT molecular complexity index is 1130. The first-order chi connectivity index (χ1) is 17.3. The molecule has 7 nitrogen and oxygen atoms in total. The molecule has 0 saturated carbocycles. The van der Waals surface area contributed by atoms with Crippen molar-refractivity contribution >= 4 is 17.4 Å². The van der Waals surface area contributed by atoms with Crippen LogP contribution in [0.25, 0.3) is 5.57 Å². The van der Waals surface area contributed by atoms with Crippen molar-refractivity contribution in [3.63, 3.8) is 0 Å². The molecular formula is C28H34FN3O4. The molecule has 1 aliphatic carbocycles. The third-order valence-corrected chi connectivity index (χ3v) is 7.07. The van der Waals surface area contributed by atoms with Crippen LogP contribution in [-0.4, -0.2) is 70.6 Å². The van der Waals surface area contributed by atoms with Gasteiger partial charge in [0.25, 0.3) is 11.8 Å². The lowest BCUT2D eigenvalue weighted by molar-refractivity contribution is 0.0313. The highest BCUT2D eigenvalue weighted by atomic mass is 19.1. The second kappa shape index (κ2) is 11.2. The minimum absolute atomic E-state index is 0.151. The van der Waals surface area contributed by atoms with E-state index in [-0.39, 0.29) is 42.8 Å². The molecule has 0 unspecified atom stereocenters. The molecule has 1 aromatic heterocycles. The zero-order chi connectivity index (χ0) is 25.8. The molecule has 36 heavy (non-hydrogen) atoms. The number of rotatable bonds is 6. The summed E-state index contributed by atoms with van der Waals surface area (Å²) < 4.78 is 19.6. The highest BCUT2D eigenvalue weighted by Crippen LogP contribution is 2.32. The molecule has 0 spiro atoms. The van der Waals surface area contributed by atoms with Crippen LogP contribution in [0.3, 0.4) is 0 Å². The fourth-order valence-electron chi connectivity index (χ4n) is 4.76. The normalized spacial score (nSPS) is 21.0. The number of ether oxygens (including phenoxy) is 1. The number of fused-ring (bicyclic) bond motifs is 1. The maximum atomic E-state index is 13.6. The smallest absolute Gasteiger partial charge is 0.259 e. The van der Waals surface area contributed by atoms with Crippen LogP contribution < -0.4 is 4.74 Å². The minimum atomic E-state index is -0.452. The van der Waals surface area contributed by atoms with Gasteiger partial charge in [-0.15, -0.1) is 0 Å². The maximum Gasteiger partial charge on any atom is 0.259 e. The lowest BCUT2D eigenvalue weighted by atomic mass is 9.93. The fraction of sp³-hybridized carbons (Fsp3) is 0.464. The molecule has 1 aromatic carbocycles. The van der Waals surface area contributed by atoms with Crippen LogP contribution in [0.15, 0.2) is 42.6 Å². The summed E-state index contributed by atoms with van der Waals surface area (Å²) in [4.78, 5) is 34.3. The molecule has 0 radical (unpaired) electrons. The average Bonchev–Trinajstić information content (AvgIpc) is 2.90. The number of aromatic nitrogens is 1. The van der Waals surface area contributed by atoms with Gasteiger partial charge in [0.15, 0.2) is 0 Å². The molecule has 2 heterocycles. The van der Waals surface area contributed by atoms with E-state index in [0.717, 1.165) is 31.2 Å². The first-order valence-corrected chi connectivity index (χ1v) is 12.6. The molecule has 2 aromatic rings. The van der Waals surface area contributed by atoms with E-state index in [2.05, 4.69) is 11.1 Å². The predicted octanol–water partition coefficient (Wildman–Crippen LogP) is 4.17. The van der Waals surface area contributed by atoms with Crippen LogP contribution in [0.2, 0.25) is 0 Å². The van der Waals surface area contributed by atoms with Crippen LogP contribution in [0, 0.1) is 11.7 Å².